The van der Waals surface area contributed by atoms with Gasteiger partial charge in [-0.15, -0.1) is 0 Å². The van der Waals surface area contributed by atoms with Crippen LogP contribution in [-0.2, 0) is 11.2 Å². The monoisotopic (exact) mass is 220 g/mol. The molecule has 0 fully saturated rings. The fourth-order valence-corrected chi connectivity index (χ4v) is 1.87. The fraction of sp³-hybridized carbons (Fsp3) is 0.571. The van der Waals surface area contributed by atoms with Crippen molar-refractivity contribution in [2.75, 3.05) is 0 Å². The molecule has 0 aliphatic rings. The van der Waals surface area contributed by atoms with Crippen LogP contribution in [0.1, 0.15) is 50.9 Å². The number of aryl methyl sites for hydroxylation is 2. The van der Waals surface area contributed by atoms with E-state index < -0.39 is 0 Å². The van der Waals surface area contributed by atoms with Crippen molar-refractivity contribution in [3.63, 3.8) is 0 Å². The number of rotatable bonds is 5. The second kappa shape index (κ2) is 5.78. The van der Waals surface area contributed by atoms with Crippen molar-refractivity contribution >= 4 is 5.78 Å². The molecule has 0 amide bonds. The lowest BCUT2D eigenvalue weighted by atomic mass is 10.1. The predicted molar refractivity (Wildman–Crippen MR) is 65.4 cm³/mol. The van der Waals surface area contributed by atoms with E-state index >= 15 is 0 Å². The molecule has 16 heavy (non-hydrogen) atoms. The molecule has 0 saturated carbocycles. The first-order chi connectivity index (χ1) is 7.60. The maximum Gasteiger partial charge on any atom is 0.213 e. The summed E-state index contributed by atoms with van der Waals surface area (Å²) in [6.45, 7) is 8.22. The standard InChI is InChI=1S/C14H22NO/c1-5-7-14(16)12(4)15-10-13(6-2)9-8-11(15)3/h8-10,12H,5-7H2,1-4H3/q+1. The quantitative estimate of drug-likeness (QED) is 0.699. The SMILES string of the molecule is CCCC(=O)C(C)[n+]1cc(CC)ccc1C. The third-order valence-electron chi connectivity index (χ3n) is 3.04. The molecule has 0 saturated heterocycles. The molecular formula is C14H22NO+. The molecule has 0 radical (unpaired) electrons. The largest absolute Gasteiger partial charge is 0.292 e. The first-order valence-electron chi connectivity index (χ1n) is 6.13. The number of carbonyl (C=O) groups excluding carboxylic acids is 1. The Hall–Kier alpha value is -1.18. The van der Waals surface area contributed by atoms with E-state index in [1.54, 1.807) is 0 Å². The van der Waals surface area contributed by atoms with E-state index in [9.17, 15) is 4.79 Å². The van der Waals surface area contributed by atoms with Crippen molar-refractivity contribution in [3.8, 4) is 0 Å². The van der Waals surface area contributed by atoms with Crippen LogP contribution in [0.15, 0.2) is 18.3 Å². The number of hydrogen-bond acceptors (Lipinski definition) is 1. The normalized spacial score (nSPS) is 12.5. The predicted octanol–water partition coefficient (Wildman–Crippen LogP) is 2.78. The minimum absolute atomic E-state index is 0.0357. The van der Waals surface area contributed by atoms with E-state index in [1.165, 1.54) is 5.56 Å². The summed E-state index contributed by atoms with van der Waals surface area (Å²) in [5, 5.41) is 0. The minimum Gasteiger partial charge on any atom is -0.292 e. The number of carbonyl (C=O) groups is 1. The molecule has 1 rings (SSSR count). The van der Waals surface area contributed by atoms with Crippen LogP contribution in [0, 0.1) is 6.92 Å². The lowest BCUT2D eigenvalue weighted by Crippen LogP contribution is -2.44. The van der Waals surface area contributed by atoms with Gasteiger partial charge in [0.25, 0.3) is 0 Å². The van der Waals surface area contributed by atoms with Crippen molar-refractivity contribution in [2.45, 2.75) is 53.0 Å². The van der Waals surface area contributed by atoms with Crippen molar-refractivity contribution < 1.29 is 9.36 Å². The fourth-order valence-electron chi connectivity index (χ4n) is 1.87. The number of hydrogen-bond donors (Lipinski definition) is 0. The average Bonchev–Trinajstić information content (AvgIpc) is 2.29. The van der Waals surface area contributed by atoms with E-state index in [2.05, 4.69) is 36.7 Å². The molecule has 0 aliphatic heterocycles. The number of aromatic nitrogens is 1. The highest BCUT2D eigenvalue weighted by atomic mass is 16.1. The highest BCUT2D eigenvalue weighted by molar-refractivity contribution is 5.80. The van der Waals surface area contributed by atoms with Crippen LogP contribution in [-0.4, -0.2) is 5.78 Å². The van der Waals surface area contributed by atoms with Crippen molar-refractivity contribution in [1.82, 2.24) is 0 Å². The van der Waals surface area contributed by atoms with Gasteiger partial charge >= 0.3 is 0 Å². The second-order valence-electron chi connectivity index (χ2n) is 4.33. The molecule has 1 heterocycles. The molecule has 0 spiro atoms. The van der Waals surface area contributed by atoms with Crippen molar-refractivity contribution in [2.24, 2.45) is 0 Å². The summed E-state index contributed by atoms with van der Waals surface area (Å²) in [4.78, 5) is 11.9. The molecule has 0 bridgehead atoms. The zero-order chi connectivity index (χ0) is 12.1. The molecule has 1 unspecified atom stereocenters. The zero-order valence-electron chi connectivity index (χ0n) is 10.8. The van der Waals surface area contributed by atoms with Crippen LogP contribution in [0.2, 0.25) is 0 Å². The van der Waals surface area contributed by atoms with Crippen LogP contribution in [0.25, 0.3) is 0 Å². The summed E-state index contributed by atoms with van der Waals surface area (Å²) in [6.07, 6.45) is 4.71. The minimum atomic E-state index is -0.0357. The molecule has 2 heteroatoms. The van der Waals surface area contributed by atoms with Crippen LogP contribution < -0.4 is 4.57 Å². The Morgan fingerprint density at radius 2 is 2.06 bits per heavy atom. The second-order valence-corrected chi connectivity index (χ2v) is 4.33. The third kappa shape index (κ3) is 2.91. The highest BCUT2D eigenvalue weighted by Gasteiger charge is 2.23. The molecule has 0 N–H and O–H groups in total. The maximum absolute atomic E-state index is 11.9. The van der Waals surface area contributed by atoms with Crippen LogP contribution in [0.3, 0.4) is 0 Å². The van der Waals surface area contributed by atoms with Gasteiger partial charge in [-0.1, -0.05) is 13.8 Å². The van der Waals surface area contributed by atoms with Gasteiger partial charge in [0.15, 0.2) is 17.7 Å². The molecule has 1 atom stereocenters. The van der Waals surface area contributed by atoms with Gasteiger partial charge in [-0.3, -0.25) is 4.79 Å². The van der Waals surface area contributed by atoms with Gasteiger partial charge in [0, 0.05) is 31.9 Å². The van der Waals surface area contributed by atoms with E-state index in [-0.39, 0.29) is 6.04 Å². The first kappa shape index (κ1) is 12.9. The van der Waals surface area contributed by atoms with Crippen LogP contribution in [0.5, 0.6) is 0 Å². The molecular weight excluding hydrogens is 198 g/mol. The van der Waals surface area contributed by atoms with E-state index in [1.807, 2.05) is 13.8 Å². The van der Waals surface area contributed by atoms with Crippen LogP contribution in [0.4, 0.5) is 0 Å². The molecule has 0 aliphatic carbocycles. The highest BCUT2D eigenvalue weighted by Crippen LogP contribution is 2.07. The summed E-state index contributed by atoms with van der Waals surface area (Å²) >= 11 is 0. The Morgan fingerprint density at radius 3 is 2.62 bits per heavy atom. The Bertz CT molecular complexity index is 371. The maximum atomic E-state index is 11.9. The summed E-state index contributed by atoms with van der Waals surface area (Å²) in [5.74, 6) is 0.323. The Morgan fingerprint density at radius 1 is 1.38 bits per heavy atom. The topological polar surface area (TPSA) is 20.9 Å². The Labute approximate surface area is 98.3 Å². The van der Waals surface area contributed by atoms with Gasteiger partial charge in [-0.2, -0.15) is 4.57 Å². The summed E-state index contributed by atoms with van der Waals surface area (Å²) < 4.78 is 2.09. The van der Waals surface area contributed by atoms with Crippen LogP contribution >= 0.6 is 0 Å². The van der Waals surface area contributed by atoms with Gasteiger partial charge in [-0.25, -0.2) is 0 Å². The Balaban J connectivity index is 2.97. The summed E-state index contributed by atoms with van der Waals surface area (Å²) in [6, 6.07) is 4.18. The van der Waals surface area contributed by atoms with Gasteiger partial charge in [0.05, 0.1) is 0 Å². The van der Waals surface area contributed by atoms with Crippen molar-refractivity contribution in [1.29, 1.82) is 0 Å². The molecule has 0 aromatic carbocycles. The summed E-state index contributed by atoms with van der Waals surface area (Å²) in [7, 11) is 0. The molecule has 88 valence electrons. The first-order valence-corrected chi connectivity index (χ1v) is 6.13. The Kier molecular flexibility index (Phi) is 4.66. The lowest BCUT2D eigenvalue weighted by Gasteiger charge is -2.09. The van der Waals surface area contributed by atoms with Crippen molar-refractivity contribution in [3.05, 3.63) is 29.6 Å². The molecule has 1 aromatic heterocycles. The van der Waals surface area contributed by atoms with Gasteiger partial charge in [0.1, 0.15) is 0 Å². The van der Waals surface area contributed by atoms with Gasteiger partial charge in [-0.05, 0) is 18.9 Å². The summed E-state index contributed by atoms with van der Waals surface area (Å²) in [5.41, 5.74) is 2.43. The number of Topliss-reactive ketones (excluding diaryl/α,β-unsaturated/α-hetero) is 1. The van der Waals surface area contributed by atoms with E-state index in [4.69, 9.17) is 0 Å². The van der Waals surface area contributed by atoms with E-state index in [0.29, 0.717) is 12.2 Å². The number of ketones is 1. The molecule has 2 nitrogen and oxygen atoms in total. The average molecular weight is 220 g/mol. The molecule has 1 aromatic rings. The third-order valence-corrected chi connectivity index (χ3v) is 3.04. The zero-order valence-corrected chi connectivity index (χ0v) is 10.8. The number of nitrogens with zero attached hydrogens (tertiary/aromatic N) is 1. The van der Waals surface area contributed by atoms with Gasteiger partial charge in [0.2, 0.25) is 6.04 Å². The van der Waals surface area contributed by atoms with Gasteiger partial charge < -0.3 is 0 Å². The lowest BCUT2D eigenvalue weighted by molar-refractivity contribution is -0.711. The smallest absolute Gasteiger partial charge is 0.213 e. The number of pyridine rings is 1. The van der Waals surface area contributed by atoms with E-state index in [0.717, 1.165) is 18.5 Å².